The fraction of sp³-hybridized carbons (Fsp3) is 0.667. The highest BCUT2D eigenvalue weighted by molar-refractivity contribution is 7.15. The molecule has 0 unspecified atom stereocenters. The van der Waals surface area contributed by atoms with Crippen molar-refractivity contribution in [1.29, 1.82) is 0 Å². The van der Waals surface area contributed by atoms with Crippen molar-refractivity contribution < 1.29 is 14.7 Å². The summed E-state index contributed by atoms with van der Waals surface area (Å²) < 4.78 is 0. The van der Waals surface area contributed by atoms with E-state index in [0.717, 1.165) is 17.8 Å². The summed E-state index contributed by atoms with van der Waals surface area (Å²) in [7, 11) is 0. The quantitative estimate of drug-likeness (QED) is 0.876. The Balaban J connectivity index is 1.66. The van der Waals surface area contributed by atoms with Crippen molar-refractivity contribution in [3.05, 3.63) is 5.01 Å². The van der Waals surface area contributed by atoms with Crippen LogP contribution in [0.2, 0.25) is 0 Å². The Morgan fingerprint density at radius 3 is 2.53 bits per heavy atom. The normalized spacial score (nSPS) is 27.9. The van der Waals surface area contributed by atoms with Crippen LogP contribution in [0.5, 0.6) is 0 Å². The van der Waals surface area contributed by atoms with Gasteiger partial charge in [-0.15, -0.1) is 10.2 Å². The van der Waals surface area contributed by atoms with E-state index in [9.17, 15) is 9.59 Å². The predicted octanol–water partition coefficient (Wildman–Crippen LogP) is 1.71. The van der Waals surface area contributed by atoms with E-state index in [-0.39, 0.29) is 5.91 Å². The lowest BCUT2D eigenvalue weighted by Crippen LogP contribution is -2.17. The fourth-order valence-corrected chi connectivity index (χ4v) is 3.47. The van der Waals surface area contributed by atoms with Crippen LogP contribution in [0.1, 0.15) is 37.6 Å². The van der Waals surface area contributed by atoms with Gasteiger partial charge in [0.2, 0.25) is 11.0 Å². The molecule has 6 nitrogen and oxygen atoms in total. The summed E-state index contributed by atoms with van der Waals surface area (Å²) >= 11 is 1.39. The number of nitrogens with zero attached hydrogens (tertiary/aromatic N) is 2. The molecule has 1 aromatic rings. The van der Waals surface area contributed by atoms with Crippen molar-refractivity contribution in [2.45, 2.75) is 32.6 Å². The molecule has 0 saturated heterocycles. The molecule has 3 rings (SSSR count). The smallest absolute Gasteiger partial charge is 0.307 e. The van der Waals surface area contributed by atoms with Gasteiger partial charge in [0.1, 0.15) is 5.01 Å². The summed E-state index contributed by atoms with van der Waals surface area (Å²) in [5.41, 5.74) is -0.486. The second-order valence-corrected chi connectivity index (χ2v) is 6.83. The Kier molecular flexibility index (Phi) is 2.63. The molecule has 0 radical (unpaired) electrons. The molecular weight excluding hydrogens is 266 g/mol. The maximum absolute atomic E-state index is 12.1. The highest BCUT2D eigenvalue weighted by Crippen LogP contribution is 2.58. The third kappa shape index (κ3) is 2.11. The van der Waals surface area contributed by atoms with Crippen molar-refractivity contribution >= 4 is 28.3 Å². The van der Waals surface area contributed by atoms with Crippen molar-refractivity contribution in [1.82, 2.24) is 10.2 Å². The van der Waals surface area contributed by atoms with Gasteiger partial charge in [-0.25, -0.2) is 0 Å². The summed E-state index contributed by atoms with van der Waals surface area (Å²) in [6, 6.07) is 0. The Bertz CT molecular complexity index is 550. The third-order valence-corrected chi connectivity index (χ3v) is 4.97. The molecule has 1 amide bonds. The minimum atomic E-state index is -0.916. The van der Waals surface area contributed by atoms with E-state index in [1.165, 1.54) is 11.3 Å². The van der Waals surface area contributed by atoms with Crippen molar-refractivity contribution in [2.24, 2.45) is 17.3 Å². The minimum absolute atomic E-state index is 0.268. The lowest BCUT2D eigenvalue weighted by Gasteiger charge is -2.01. The van der Waals surface area contributed by atoms with E-state index in [0.29, 0.717) is 11.0 Å². The number of hydrogen-bond acceptors (Lipinski definition) is 5. The summed E-state index contributed by atoms with van der Waals surface area (Å²) in [6.45, 7) is 3.59. The minimum Gasteiger partial charge on any atom is -0.481 e. The molecular formula is C12H15N3O3S. The van der Waals surface area contributed by atoms with Crippen molar-refractivity contribution in [3.63, 3.8) is 0 Å². The standard InChI is InChI=1S/C12H15N3O3S/c1-12(2)6(7(12)10(17)18)8(16)13-11-15-14-9(19-11)5-3-4-5/h5-7H,3-4H2,1-2H3,(H,17,18)(H,13,15,16)/t6-,7-/m1/s1. The molecule has 7 heteroatoms. The van der Waals surface area contributed by atoms with E-state index in [2.05, 4.69) is 15.5 Å². The van der Waals surface area contributed by atoms with Gasteiger partial charge >= 0.3 is 5.97 Å². The maximum atomic E-state index is 12.1. The summed E-state index contributed by atoms with van der Waals surface area (Å²) in [5, 5.41) is 21.1. The SMILES string of the molecule is CC1(C)[C@@H](C(=O)O)[C@@H]1C(=O)Nc1nnc(C2CC2)s1. The highest BCUT2D eigenvalue weighted by Gasteiger charge is 2.66. The molecule has 0 aliphatic heterocycles. The molecule has 102 valence electrons. The number of aromatic nitrogens is 2. The number of aliphatic carboxylic acids is 1. The Hall–Kier alpha value is -1.50. The van der Waals surface area contributed by atoms with Gasteiger partial charge in [0, 0.05) is 5.92 Å². The third-order valence-electron chi connectivity index (χ3n) is 3.97. The number of carboxylic acid groups (broad SMARTS) is 1. The van der Waals surface area contributed by atoms with Gasteiger partial charge in [0.05, 0.1) is 11.8 Å². The largest absolute Gasteiger partial charge is 0.481 e. The Labute approximate surface area is 114 Å². The van der Waals surface area contributed by atoms with E-state index in [1.807, 2.05) is 0 Å². The van der Waals surface area contributed by atoms with Gasteiger partial charge in [0.15, 0.2) is 0 Å². The molecule has 1 aromatic heterocycles. The predicted molar refractivity (Wildman–Crippen MR) is 68.9 cm³/mol. The lowest BCUT2D eigenvalue weighted by atomic mass is 10.1. The molecule has 0 bridgehead atoms. The number of amides is 1. The fourth-order valence-electron chi connectivity index (χ4n) is 2.55. The van der Waals surface area contributed by atoms with E-state index < -0.39 is 23.2 Å². The van der Waals surface area contributed by atoms with Gasteiger partial charge in [-0.1, -0.05) is 25.2 Å². The zero-order chi connectivity index (χ0) is 13.8. The van der Waals surface area contributed by atoms with Gasteiger partial charge in [0.25, 0.3) is 0 Å². The first-order valence-electron chi connectivity index (χ1n) is 6.28. The molecule has 2 aliphatic carbocycles. The van der Waals surface area contributed by atoms with Crippen LogP contribution in [0.4, 0.5) is 5.13 Å². The van der Waals surface area contributed by atoms with Crippen LogP contribution in [0, 0.1) is 17.3 Å². The molecule has 0 spiro atoms. The Morgan fingerprint density at radius 2 is 2.00 bits per heavy atom. The van der Waals surface area contributed by atoms with Crippen LogP contribution in [0.15, 0.2) is 0 Å². The van der Waals surface area contributed by atoms with Crippen LogP contribution in [-0.2, 0) is 9.59 Å². The maximum Gasteiger partial charge on any atom is 0.307 e. The number of carbonyl (C=O) groups is 2. The zero-order valence-electron chi connectivity index (χ0n) is 10.7. The van der Waals surface area contributed by atoms with E-state index in [1.54, 1.807) is 13.8 Å². The molecule has 2 atom stereocenters. The van der Waals surface area contributed by atoms with Crippen LogP contribution in [0.3, 0.4) is 0 Å². The molecule has 2 N–H and O–H groups in total. The average molecular weight is 281 g/mol. The molecule has 0 aromatic carbocycles. The number of anilines is 1. The average Bonchev–Trinajstić information content (AvgIpc) is 3.18. The summed E-state index contributed by atoms with van der Waals surface area (Å²) in [4.78, 5) is 23.1. The molecule has 2 fully saturated rings. The van der Waals surface area contributed by atoms with Crippen LogP contribution >= 0.6 is 11.3 Å². The topological polar surface area (TPSA) is 92.2 Å². The van der Waals surface area contributed by atoms with Gasteiger partial charge in [-0.05, 0) is 18.3 Å². The molecule has 2 aliphatic rings. The highest BCUT2D eigenvalue weighted by atomic mass is 32.1. The molecule has 1 heterocycles. The van der Waals surface area contributed by atoms with Gasteiger partial charge in [-0.3, -0.25) is 9.59 Å². The number of nitrogens with one attached hydrogen (secondary N) is 1. The first-order valence-corrected chi connectivity index (χ1v) is 7.10. The summed E-state index contributed by atoms with van der Waals surface area (Å²) in [5.74, 6) is -1.77. The number of hydrogen-bond donors (Lipinski definition) is 2. The lowest BCUT2D eigenvalue weighted by molar-refractivity contribution is -0.140. The number of carbonyl (C=O) groups excluding carboxylic acids is 1. The monoisotopic (exact) mass is 281 g/mol. The molecule has 2 saturated carbocycles. The first-order chi connectivity index (χ1) is 8.91. The van der Waals surface area contributed by atoms with E-state index >= 15 is 0 Å². The van der Waals surface area contributed by atoms with Crippen LogP contribution in [-0.4, -0.2) is 27.2 Å². The summed E-state index contributed by atoms with van der Waals surface area (Å²) in [6.07, 6.45) is 2.28. The van der Waals surface area contributed by atoms with Gasteiger partial charge in [-0.2, -0.15) is 0 Å². The number of carboxylic acids is 1. The van der Waals surface area contributed by atoms with Crippen LogP contribution in [0.25, 0.3) is 0 Å². The van der Waals surface area contributed by atoms with Crippen molar-refractivity contribution in [2.75, 3.05) is 5.32 Å². The van der Waals surface area contributed by atoms with Crippen LogP contribution < -0.4 is 5.32 Å². The van der Waals surface area contributed by atoms with Crippen molar-refractivity contribution in [3.8, 4) is 0 Å². The molecule has 19 heavy (non-hydrogen) atoms. The Morgan fingerprint density at radius 1 is 1.32 bits per heavy atom. The zero-order valence-corrected chi connectivity index (χ0v) is 11.5. The second-order valence-electron chi connectivity index (χ2n) is 5.82. The second kappa shape index (κ2) is 4.00. The first kappa shape index (κ1) is 12.5. The van der Waals surface area contributed by atoms with Gasteiger partial charge < -0.3 is 10.4 Å². The van der Waals surface area contributed by atoms with E-state index in [4.69, 9.17) is 5.11 Å². The number of rotatable bonds is 4.